The van der Waals surface area contributed by atoms with Gasteiger partial charge in [-0.2, -0.15) is 5.10 Å². The highest BCUT2D eigenvalue weighted by Gasteiger charge is 2.06. The molecule has 0 atom stereocenters. The molecule has 23 heavy (non-hydrogen) atoms. The molecule has 0 aliphatic carbocycles. The molecule has 0 aliphatic heterocycles. The third-order valence-corrected chi connectivity index (χ3v) is 2.96. The molecule has 2 aromatic rings. The van der Waals surface area contributed by atoms with Crippen molar-refractivity contribution >= 4 is 12.1 Å². The number of carbonyl (C=O) groups is 1. The van der Waals surface area contributed by atoms with Crippen molar-refractivity contribution in [2.24, 2.45) is 5.10 Å². The van der Waals surface area contributed by atoms with E-state index in [1.165, 1.54) is 6.21 Å². The summed E-state index contributed by atoms with van der Waals surface area (Å²) >= 11 is 0. The Kier molecular flexibility index (Phi) is 5.99. The summed E-state index contributed by atoms with van der Waals surface area (Å²) in [6.45, 7) is -0.163. The molecular formula is C17H18N2O4. The van der Waals surface area contributed by atoms with E-state index in [0.29, 0.717) is 17.2 Å². The van der Waals surface area contributed by atoms with Crippen LogP contribution in [0.2, 0.25) is 0 Å². The van der Waals surface area contributed by atoms with Gasteiger partial charge in [0.25, 0.3) is 5.91 Å². The lowest BCUT2D eigenvalue weighted by atomic mass is 10.2. The van der Waals surface area contributed by atoms with E-state index in [1.807, 2.05) is 30.3 Å². The summed E-state index contributed by atoms with van der Waals surface area (Å²) < 4.78 is 15.7. The quantitative estimate of drug-likeness (QED) is 0.628. The molecule has 0 spiro atoms. The Morgan fingerprint density at radius 3 is 2.30 bits per heavy atom. The van der Waals surface area contributed by atoms with Crippen LogP contribution >= 0.6 is 0 Å². The Labute approximate surface area is 134 Å². The number of nitrogens with one attached hydrogen (secondary N) is 1. The minimum Gasteiger partial charge on any atom is -0.496 e. The lowest BCUT2D eigenvalue weighted by Crippen LogP contribution is -2.24. The zero-order chi connectivity index (χ0) is 16.5. The molecule has 0 bridgehead atoms. The van der Waals surface area contributed by atoms with Gasteiger partial charge in [0, 0.05) is 5.56 Å². The number of nitrogens with zero attached hydrogens (tertiary/aromatic N) is 1. The minimum absolute atomic E-state index is 0.163. The molecule has 0 saturated carbocycles. The van der Waals surface area contributed by atoms with E-state index < -0.39 is 0 Å². The van der Waals surface area contributed by atoms with Gasteiger partial charge in [-0.1, -0.05) is 24.3 Å². The molecule has 0 unspecified atom stereocenters. The lowest BCUT2D eigenvalue weighted by molar-refractivity contribution is -0.123. The third kappa shape index (κ3) is 4.74. The second-order valence-corrected chi connectivity index (χ2v) is 4.47. The highest BCUT2D eigenvalue weighted by molar-refractivity contribution is 5.85. The Bertz CT molecular complexity index is 686. The molecule has 6 heteroatoms. The fraction of sp³-hybridized carbons (Fsp3) is 0.176. The van der Waals surface area contributed by atoms with Crippen molar-refractivity contribution in [1.29, 1.82) is 0 Å². The van der Waals surface area contributed by atoms with Crippen LogP contribution in [0, 0.1) is 0 Å². The zero-order valence-electron chi connectivity index (χ0n) is 13.0. The summed E-state index contributed by atoms with van der Waals surface area (Å²) in [5.41, 5.74) is 3.16. The van der Waals surface area contributed by atoms with Crippen LogP contribution in [-0.4, -0.2) is 32.9 Å². The van der Waals surface area contributed by atoms with Crippen LogP contribution in [0.1, 0.15) is 5.56 Å². The molecule has 6 nitrogen and oxygen atoms in total. The predicted molar refractivity (Wildman–Crippen MR) is 87.2 cm³/mol. The fourth-order valence-corrected chi connectivity index (χ4v) is 1.86. The van der Waals surface area contributed by atoms with Crippen LogP contribution in [0.3, 0.4) is 0 Å². The van der Waals surface area contributed by atoms with Gasteiger partial charge in [0.05, 0.1) is 20.4 Å². The molecule has 0 heterocycles. The van der Waals surface area contributed by atoms with Crippen molar-refractivity contribution in [2.75, 3.05) is 20.8 Å². The predicted octanol–water partition coefficient (Wildman–Crippen LogP) is 2.23. The third-order valence-electron chi connectivity index (χ3n) is 2.96. The summed E-state index contributed by atoms with van der Waals surface area (Å²) in [5.74, 6) is 1.37. The molecule has 2 aromatic carbocycles. The SMILES string of the molecule is COc1ccccc1/C=N/NC(=O)COc1ccccc1OC. The molecule has 120 valence electrons. The van der Waals surface area contributed by atoms with Crippen LogP contribution in [-0.2, 0) is 4.79 Å². The standard InChI is InChI=1S/C17H18N2O4/c1-21-14-8-4-3-7-13(14)11-18-19-17(20)12-23-16-10-6-5-9-15(16)22-2/h3-11H,12H2,1-2H3,(H,19,20)/b18-11+. The average molecular weight is 314 g/mol. The van der Waals surface area contributed by atoms with Crippen LogP contribution in [0.5, 0.6) is 17.2 Å². The van der Waals surface area contributed by atoms with Gasteiger partial charge in [-0.15, -0.1) is 0 Å². The van der Waals surface area contributed by atoms with Crippen LogP contribution in [0.25, 0.3) is 0 Å². The number of para-hydroxylation sites is 3. The number of hydrogen-bond acceptors (Lipinski definition) is 5. The first kappa shape index (κ1) is 16.4. The molecule has 1 amide bonds. The van der Waals surface area contributed by atoms with Gasteiger partial charge < -0.3 is 14.2 Å². The number of methoxy groups -OCH3 is 2. The molecule has 0 aliphatic rings. The maximum absolute atomic E-state index is 11.7. The topological polar surface area (TPSA) is 69.2 Å². The lowest BCUT2D eigenvalue weighted by Gasteiger charge is -2.09. The van der Waals surface area contributed by atoms with E-state index in [9.17, 15) is 4.79 Å². The Morgan fingerprint density at radius 1 is 1.00 bits per heavy atom. The van der Waals surface area contributed by atoms with E-state index in [-0.39, 0.29) is 12.5 Å². The van der Waals surface area contributed by atoms with Crippen molar-refractivity contribution in [2.45, 2.75) is 0 Å². The number of benzene rings is 2. The highest BCUT2D eigenvalue weighted by atomic mass is 16.5. The average Bonchev–Trinajstić information content (AvgIpc) is 2.60. The normalized spacial score (nSPS) is 10.3. The largest absolute Gasteiger partial charge is 0.496 e. The van der Waals surface area contributed by atoms with Gasteiger partial charge in [0.2, 0.25) is 0 Å². The Hall–Kier alpha value is -3.02. The maximum Gasteiger partial charge on any atom is 0.277 e. The van der Waals surface area contributed by atoms with Crippen molar-refractivity contribution in [3.8, 4) is 17.2 Å². The smallest absolute Gasteiger partial charge is 0.277 e. The van der Waals surface area contributed by atoms with Gasteiger partial charge in [-0.3, -0.25) is 4.79 Å². The molecule has 0 saturated heterocycles. The van der Waals surface area contributed by atoms with Gasteiger partial charge in [-0.25, -0.2) is 5.43 Å². The molecule has 0 radical (unpaired) electrons. The zero-order valence-corrected chi connectivity index (χ0v) is 13.0. The molecule has 1 N–H and O–H groups in total. The molecule has 0 fully saturated rings. The Morgan fingerprint density at radius 2 is 1.61 bits per heavy atom. The maximum atomic E-state index is 11.7. The summed E-state index contributed by atoms with van der Waals surface area (Å²) in [5, 5.41) is 3.89. The number of hydrogen-bond donors (Lipinski definition) is 1. The summed E-state index contributed by atoms with van der Waals surface area (Å²) in [6.07, 6.45) is 1.51. The summed E-state index contributed by atoms with van der Waals surface area (Å²) in [6, 6.07) is 14.5. The van der Waals surface area contributed by atoms with Gasteiger partial charge >= 0.3 is 0 Å². The second kappa shape index (κ2) is 8.43. The van der Waals surface area contributed by atoms with Crippen LogP contribution in [0.15, 0.2) is 53.6 Å². The molecule has 2 rings (SSSR count). The molecular weight excluding hydrogens is 296 g/mol. The number of ether oxygens (including phenoxy) is 3. The van der Waals surface area contributed by atoms with E-state index in [4.69, 9.17) is 14.2 Å². The first-order chi connectivity index (χ1) is 11.2. The highest BCUT2D eigenvalue weighted by Crippen LogP contribution is 2.25. The van der Waals surface area contributed by atoms with Crippen LogP contribution < -0.4 is 19.6 Å². The van der Waals surface area contributed by atoms with E-state index >= 15 is 0 Å². The fourth-order valence-electron chi connectivity index (χ4n) is 1.86. The van der Waals surface area contributed by atoms with Crippen LogP contribution in [0.4, 0.5) is 0 Å². The van der Waals surface area contributed by atoms with E-state index in [0.717, 1.165) is 5.56 Å². The molecule has 0 aromatic heterocycles. The number of rotatable bonds is 7. The monoisotopic (exact) mass is 314 g/mol. The Balaban J connectivity index is 1.87. The minimum atomic E-state index is -0.373. The number of carbonyl (C=O) groups excluding carboxylic acids is 1. The van der Waals surface area contributed by atoms with E-state index in [2.05, 4.69) is 10.5 Å². The van der Waals surface area contributed by atoms with Crippen molar-refractivity contribution in [3.05, 3.63) is 54.1 Å². The van der Waals surface area contributed by atoms with Crippen molar-refractivity contribution in [1.82, 2.24) is 5.43 Å². The van der Waals surface area contributed by atoms with Gasteiger partial charge in [0.15, 0.2) is 18.1 Å². The van der Waals surface area contributed by atoms with Gasteiger partial charge in [-0.05, 0) is 24.3 Å². The van der Waals surface area contributed by atoms with Gasteiger partial charge in [0.1, 0.15) is 5.75 Å². The van der Waals surface area contributed by atoms with Crippen molar-refractivity contribution < 1.29 is 19.0 Å². The first-order valence-corrected chi connectivity index (χ1v) is 6.95. The van der Waals surface area contributed by atoms with Crippen molar-refractivity contribution in [3.63, 3.8) is 0 Å². The second-order valence-electron chi connectivity index (χ2n) is 4.47. The van der Waals surface area contributed by atoms with E-state index in [1.54, 1.807) is 32.4 Å². The number of hydrazone groups is 1. The number of amides is 1. The first-order valence-electron chi connectivity index (χ1n) is 6.95. The summed E-state index contributed by atoms with van der Waals surface area (Å²) in [7, 11) is 3.12. The summed E-state index contributed by atoms with van der Waals surface area (Å²) in [4.78, 5) is 11.7.